The van der Waals surface area contributed by atoms with Crippen LogP contribution in [0, 0.1) is 0 Å². The van der Waals surface area contributed by atoms with Gasteiger partial charge in [-0.05, 0) is 69.0 Å². The maximum absolute atomic E-state index is 13.8. The molecule has 10 heteroatoms. The zero-order valence-corrected chi connectivity index (χ0v) is 24.1. The van der Waals surface area contributed by atoms with Gasteiger partial charge in [-0.2, -0.15) is 4.31 Å². The fourth-order valence-corrected chi connectivity index (χ4v) is 6.88. The Kier molecular flexibility index (Phi) is 7.88. The second-order valence-corrected chi connectivity index (χ2v) is 12.2. The van der Waals surface area contributed by atoms with E-state index in [0.29, 0.717) is 37.3 Å². The summed E-state index contributed by atoms with van der Waals surface area (Å²) in [6.45, 7) is 0.416. The number of halogens is 3. The van der Waals surface area contributed by atoms with Crippen LogP contribution in [0.4, 0.5) is 5.69 Å². The van der Waals surface area contributed by atoms with Gasteiger partial charge in [-0.15, -0.1) is 0 Å². The van der Waals surface area contributed by atoms with E-state index in [2.05, 4.69) is 21.2 Å². The zero-order valence-electron chi connectivity index (χ0n) is 20.2. The molecule has 4 aromatic carbocycles. The van der Waals surface area contributed by atoms with Gasteiger partial charge < -0.3 is 14.8 Å². The van der Waals surface area contributed by atoms with Gasteiger partial charge in [-0.25, -0.2) is 8.42 Å². The fraction of sp³-hybridized carbons (Fsp3) is 0.143. The lowest BCUT2D eigenvalue weighted by atomic mass is 10.1. The zero-order chi connectivity index (χ0) is 26.9. The van der Waals surface area contributed by atoms with Crippen molar-refractivity contribution in [3.63, 3.8) is 0 Å². The number of benzene rings is 4. The van der Waals surface area contributed by atoms with Crippen LogP contribution in [0.25, 0.3) is 0 Å². The molecule has 1 atom stereocenters. The van der Waals surface area contributed by atoms with Crippen molar-refractivity contribution in [1.82, 2.24) is 4.31 Å². The molecule has 0 saturated heterocycles. The Hall–Kier alpha value is -2.75. The van der Waals surface area contributed by atoms with Gasteiger partial charge in [0.2, 0.25) is 10.0 Å². The first-order valence-corrected chi connectivity index (χ1v) is 14.6. The second-order valence-electron chi connectivity index (χ2n) is 8.65. The summed E-state index contributed by atoms with van der Waals surface area (Å²) in [5.74, 6) is 0.933. The summed E-state index contributed by atoms with van der Waals surface area (Å²) in [7, 11) is -2.27. The van der Waals surface area contributed by atoms with E-state index < -0.39 is 16.2 Å². The SMILES string of the molecule is COc1cc([C@H]2Nc3ccccc3S(=O)(=O)N2Cc2ccccc2)cc(Br)c1OCc1ccc(Cl)c(Cl)c1. The van der Waals surface area contributed by atoms with Gasteiger partial charge in [0.25, 0.3) is 0 Å². The van der Waals surface area contributed by atoms with E-state index in [-0.39, 0.29) is 18.0 Å². The molecule has 1 heterocycles. The third kappa shape index (κ3) is 5.37. The van der Waals surface area contributed by atoms with E-state index in [1.54, 1.807) is 43.5 Å². The molecular weight excluding hydrogens is 611 g/mol. The van der Waals surface area contributed by atoms with Crippen LogP contribution in [-0.2, 0) is 23.2 Å². The lowest BCUT2D eigenvalue weighted by Crippen LogP contribution is -2.42. The summed E-state index contributed by atoms with van der Waals surface area (Å²) in [6.07, 6.45) is -0.690. The van der Waals surface area contributed by atoms with Crippen LogP contribution in [0.3, 0.4) is 0 Å². The first-order valence-electron chi connectivity index (χ1n) is 11.6. The minimum absolute atomic E-state index is 0.185. The number of hydrogen-bond acceptors (Lipinski definition) is 5. The largest absolute Gasteiger partial charge is 0.493 e. The smallest absolute Gasteiger partial charge is 0.247 e. The normalized spacial score (nSPS) is 16.4. The minimum atomic E-state index is -3.81. The summed E-state index contributed by atoms with van der Waals surface area (Å²) < 4.78 is 41.4. The highest BCUT2D eigenvalue weighted by Crippen LogP contribution is 2.44. The Morgan fingerprint density at radius 2 is 1.66 bits per heavy atom. The number of para-hydroxylation sites is 1. The van der Waals surface area contributed by atoms with Crippen molar-refractivity contribution in [1.29, 1.82) is 0 Å². The Morgan fingerprint density at radius 1 is 0.921 bits per heavy atom. The Bertz CT molecular complexity index is 1590. The van der Waals surface area contributed by atoms with Crippen molar-refractivity contribution in [2.75, 3.05) is 12.4 Å². The number of sulfonamides is 1. The Labute approximate surface area is 240 Å². The highest BCUT2D eigenvalue weighted by atomic mass is 79.9. The molecule has 5 rings (SSSR count). The second kappa shape index (κ2) is 11.2. The van der Waals surface area contributed by atoms with Gasteiger partial charge in [-0.1, -0.05) is 71.7 Å². The van der Waals surface area contributed by atoms with Crippen LogP contribution in [0.1, 0.15) is 22.9 Å². The average Bonchev–Trinajstić information content (AvgIpc) is 2.91. The first kappa shape index (κ1) is 26.8. The van der Waals surface area contributed by atoms with Crippen LogP contribution in [0.2, 0.25) is 10.0 Å². The quantitative estimate of drug-likeness (QED) is 0.226. The van der Waals surface area contributed by atoms with Crippen molar-refractivity contribution in [2.24, 2.45) is 0 Å². The van der Waals surface area contributed by atoms with Gasteiger partial charge >= 0.3 is 0 Å². The molecule has 1 aliphatic rings. The molecule has 0 radical (unpaired) electrons. The molecule has 0 spiro atoms. The van der Waals surface area contributed by atoms with Gasteiger partial charge in [0.05, 0.1) is 27.3 Å². The molecule has 1 aliphatic heterocycles. The lowest BCUT2D eigenvalue weighted by Gasteiger charge is -2.37. The van der Waals surface area contributed by atoms with Gasteiger partial charge in [0.15, 0.2) is 11.5 Å². The summed E-state index contributed by atoms with van der Waals surface area (Å²) in [5, 5.41) is 4.32. The van der Waals surface area contributed by atoms with Crippen molar-refractivity contribution >= 4 is 54.8 Å². The van der Waals surface area contributed by atoms with E-state index in [0.717, 1.165) is 11.1 Å². The molecule has 0 bridgehead atoms. The molecule has 1 N–H and O–H groups in total. The summed E-state index contributed by atoms with van der Waals surface area (Å²) in [6, 6.07) is 25.3. The predicted molar refractivity (Wildman–Crippen MR) is 153 cm³/mol. The molecular formula is C28H23BrCl2N2O4S. The highest BCUT2D eigenvalue weighted by Gasteiger charge is 2.39. The summed E-state index contributed by atoms with van der Waals surface area (Å²) in [5.41, 5.74) is 2.93. The maximum Gasteiger partial charge on any atom is 0.247 e. The van der Waals surface area contributed by atoms with Crippen LogP contribution in [-0.4, -0.2) is 19.8 Å². The third-order valence-corrected chi connectivity index (χ3v) is 9.37. The summed E-state index contributed by atoms with van der Waals surface area (Å²) in [4.78, 5) is 0.236. The number of fused-ring (bicyclic) bond motifs is 1. The Balaban J connectivity index is 1.52. The van der Waals surface area contributed by atoms with Crippen LogP contribution in [0.5, 0.6) is 11.5 Å². The number of ether oxygens (including phenoxy) is 2. The van der Waals surface area contributed by atoms with Gasteiger partial charge in [0, 0.05) is 6.54 Å². The standard InChI is InChI=1S/C28H23BrCl2N2O4S/c1-36-25-15-20(14-21(29)27(25)37-17-19-11-12-22(30)23(31)13-19)28-32-24-9-5-6-10-26(24)38(34,35)33(28)16-18-7-3-2-4-8-18/h2-15,28,32H,16-17H2,1H3/t28-/m0/s1. The minimum Gasteiger partial charge on any atom is -0.493 e. The lowest BCUT2D eigenvalue weighted by molar-refractivity contribution is 0.281. The molecule has 0 aliphatic carbocycles. The molecule has 0 saturated carbocycles. The van der Waals surface area contributed by atoms with E-state index in [1.807, 2.05) is 48.5 Å². The molecule has 0 fully saturated rings. The monoisotopic (exact) mass is 632 g/mol. The highest BCUT2D eigenvalue weighted by molar-refractivity contribution is 9.10. The Morgan fingerprint density at radius 3 is 2.39 bits per heavy atom. The van der Waals surface area contributed by atoms with Crippen molar-refractivity contribution in [3.05, 3.63) is 116 Å². The van der Waals surface area contributed by atoms with Crippen molar-refractivity contribution < 1.29 is 17.9 Å². The number of nitrogens with zero attached hydrogens (tertiary/aromatic N) is 1. The molecule has 196 valence electrons. The number of methoxy groups -OCH3 is 1. The molecule has 38 heavy (non-hydrogen) atoms. The predicted octanol–water partition coefficient (Wildman–Crippen LogP) is 7.66. The molecule has 0 aromatic heterocycles. The molecule has 4 aromatic rings. The summed E-state index contributed by atoms with van der Waals surface area (Å²) >= 11 is 15.8. The molecule has 0 unspecified atom stereocenters. The number of anilines is 1. The van der Waals surface area contributed by atoms with Crippen LogP contribution in [0.15, 0.2) is 94.3 Å². The number of hydrogen-bond donors (Lipinski definition) is 1. The first-order chi connectivity index (χ1) is 18.3. The fourth-order valence-electron chi connectivity index (χ4n) is 4.31. The van der Waals surface area contributed by atoms with Gasteiger partial charge in [0.1, 0.15) is 17.7 Å². The number of rotatable bonds is 7. The van der Waals surface area contributed by atoms with E-state index >= 15 is 0 Å². The van der Waals surface area contributed by atoms with E-state index in [4.69, 9.17) is 32.7 Å². The van der Waals surface area contributed by atoms with Crippen LogP contribution < -0.4 is 14.8 Å². The maximum atomic E-state index is 13.8. The molecule has 6 nitrogen and oxygen atoms in total. The van der Waals surface area contributed by atoms with Crippen molar-refractivity contribution in [3.8, 4) is 11.5 Å². The van der Waals surface area contributed by atoms with Crippen LogP contribution >= 0.6 is 39.1 Å². The third-order valence-electron chi connectivity index (χ3n) is 6.17. The average molecular weight is 634 g/mol. The van der Waals surface area contributed by atoms with Gasteiger partial charge in [-0.3, -0.25) is 0 Å². The van der Waals surface area contributed by atoms with E-state index in [9.17, 15) is 8.42 Å². The van der Waals surface area contributed by atoms with Crippen molar-refractivity contribution in [2.45, 2.75) is 24.2 Å². The number of nitrogens with one attached hydrogen (secondary N) is 1. The molecule has 0 amide bonds. The topological polar surface area (TPSA) is 67.9 Å². The van der Waals surface area contributed by atoms with E-state index in [1.165, 1.54) is 4.31 Å².